The van der Waals surface area contributed by atoms with Crippen molar-refractivity contribution in [1.82, 2.24) is 5.32 Å². The van der Waals surface area contributed by atoms with Crippen LogP contribution in [0.25, 0.3) is 0 Å². The Balaban J connectivity index is 1.97. The Bertz CT molecular complexity index is 560. The van der Waals surface area contributed by atoms with Gasteiger partial charge in [-0.05, 0) is 31.0 Å². The van der Waals surface area contributed by atoms with Crippen molar-refractivity contribution in [2.75, 3.05) is 18.0 Å². The quantitative estimate of drug-likeness (QED) is 0.822. The average Bonchev–Trinajstić information content (AvgIpc) is 2.85. The highest BCUT2D eigenvalue weighted by Gasteiger charge is 2.35. The van der Waals surface area contributed by atoms with Crippen molar-refractivity contribution in [1.29, 1.82) is 0 Å². The highest BCUT2D eigenvalue weighted by Crippen LogP contribution is 2.28. The zero-order valence-electron chi connectivity index (χ0n) is 13.2. The van der Waals surface area contributed by atoms with E-state index in [0.29, 0.717) is 6.54 Å². The van der Waals surface area contributed by atoms with Crippen molar-refractivity contribution >= 4 is 17.5 Å². The molecular weight excluding hydrogens is 283 g/mol. The maximum absolute atomic E-state index is 14.0. The van der Waals surface area contributed by atoms with Gasteiger partial charge in [0.15, 0.2) is 0 Å². The summed E-state index contributed by atoms with van der Waals surface area (Å²) in [6, 6.07) is 4.77. The van der Waals surface area contributed by atoms with Gasteiger partial charge >= 0.3 is 0 Å². The number of halogens is 1. The summed E-state index contributed by atoms with van der Waals surface area (Å²) >= 11 is 0. The van der Waals surface area contributed by atoms with E-state index in [2.05, 4.69) is 12.2 Å². The van der Waals surface area contributed by atoms with Gasteiger partial charge in [0.2, 0.25) is 11.8 Å². The molecule has 1 saturated heterocycles. The van der Waals surface area contributed by atoms with Gasteiger partial charge in [-0.3, -0.25) is 9.59 Å². The van der Waals surface area contributed by atoms with E-state index in [9.17, 15) is 14.0 Å². The fraction of sp³-hybridized carbons (Fsp3) is 0.529. The zero-order valence-corrected chi connectivity index (χ0v) is 13.2. The molecule has 1 aromatic carbocycles. The summed E-state index contributed by atoms with van der Waals surface area (Å²) in [5.41, 5.74) is 1.06. The molecule has 0 saturated carbocycles. The Morgan fingerprint density at radius 2 is 2.18 bits per heavy atom. The molecular formula is C17H23FN2O2. The number of hydrogen-bond acceptors (Lipinski definition) is 2. The van der Waals surface area contributed by atoms with Crippen molar-refractivity contribution in [2.24, 2.45) is 5.92 Å². The summed E-state index contributed by atoms with van der Waals surface area (Å²) < 4.78 is 14.0. The first-order valence-electron chi connectivity index (χ1n) is 7.87. The summed E-state index contributed by atoms with van der Waals surface area (Å²) in [5.74, 6) is -1.12. The molecule has 0 aromatic heterocycles. The predicted molar refractivity (Wildman–Crippen MR) is 84.1 cm³/mol. The molecule has 1 N–H and O–H groups in total. The minimum absolute atomic E-state index is 0.112. The van der Waals surface area contributed by atoms with Crippen molar-refractivity contribution in [2.45, 2.75) is 39.5 Å². The predicted octanol–water partition coefficient (Wildman–Crippen LogP) is 2.79. The molecule has 120 valence electrons. The van der Waals surface area contributed by atoms with Gasteiger partial charge in [0, 0.05) is 19.5 Å². The van der Waals surface area contributed by atoms with Crippen LogP contribution in [-0.2, 0) is 9.59 Å². The Morgan fingerprint density at radius 3 is 2.86 bits per heavy atom. The fourth-order valence-corrected chi connectivity index (χ4v) is 2.68. The standard InChI is InChI=1S/C17H23FN2O2/c1-3-4-5-8-19-17(22)13-10-16(21)20(11-13)15-7-6-12(2)9-14(15)18/h6-7,9,13H,3-5,8,10-11H2,1-2H3,(H,19,22). The van der Waals surface area contributed by atoms with Gasteiger partial charge in [-0.15, -0.1) is 0 Å². The fourth-order valence-electron chi connectivity index (χ4n) is 2.68. The molecule has 5 heteroatoms. The Kier molecular flexibility index (Phi) is 5.52. The van der Waals surface area contributed by atoms with Crippen LogP contribution in [0.15, 0.2) is 18.2 Å². The van der Waals surface area contributed by atoms with Gasteiger partial charge in [0.05, 0.1) is 11.6 Å². The second-order valence-corrected chi connectivity index (χ2v) is 5.86. The van der Waals surface area contributed by atoms with Crippen molar-refractivity contribution < 1.29 is 14.0 Å². The van der Waals surface area contributed by atoms with Crippen molar-refractivity contribution in [3.63, 3.8) is 0 Å². The van der Waals surface area contributed by atoms with Gasteiger partial charge in [-0.25, -0.2) is 4.39 Å². The van der Waals surface area contributed by atoms with Crippen LogP contribution >= 0.6 is 0 Å². The number of carbonyl (C=O) groups excluding carboxylic acids is 2. The first kappa shape index (κ1) is 16.5. The molecule has 1 aliphatic heterocycles. The molecule has 1 atom stereocenters. The topological polar surface area (TPSA) is 49.4 Å². The van der Waals surface area contributed by atoms with Gasteiger partial charge < -0.3 is 10.2 Å². The van der Waals surface area contributed by atoms with Crippen molar-refractivity contribution in [3.05, 3.63) is 29.6 Å². The lowest BCUT2D eigenvalue weighted by molar-refractivity contribution is -0.126. The number of hydrogen-bond donors (Lipinski definition) is 1. The third kappa shape index (κ3) is 3.84. The minimum atomic E-state index is -0.419. The molecule has 2 rings (SSSR count). The van der Waals surface area contributed by atoms with Crippen LogP contribution in [-0.4, -0.2) is 24.9 Å². The molecule has 1 unspecified atom stereocenters. The number of anilines is 1. The van der Waals surface area contributed by atoms with Gasteiger partial charge in [0.25, 0.3) is 0 Å². The lowest BCUT2D eigenvalue weighted by Gasteiger charge is -2.17. The number of aryl methyl sites for hydroxylation is 1. The van der Waals surface area contributed by atoms with Crippen molar-refractivity contribution in [3.8, 4) is 0 Å². The van der Waals surface area contributed by atoms with Crippen LogP contribution in [0.3, 0.4) is 0 Å². The van der Waals surface area contributed by atoms with E-state index in [1.54, 1.807) is 19.1 Å². The monoisotopic (exact) mass is 306 g/mol. The lowest BCUT2D eigenvalue weighted by Crippen LogP contribution is -2.33. The molecule has 0 spiro atoms. The third-order valence-corrected chi connectivity index (χ3v) is 3.97. The van der Waals surface area contributed by atoms with Crippen LogP contribution in [0.5, 0.6) is 0 Å². The molecule has 1 aliphatic rings. The maximum atomic E-state index is 14.0. The van der Waals surface area contributed by atoms with Crippen LogP contribution in [0, 0.1) is 18.7 Å². The molecule has 22 heavy (non-hydrogen) atoms. The number of nitrogens with one attached hydrogen (secondary N) is 1. The number of amides is 2. The minimum Gasteiger partial charge on any atom is -0.356 e. The number of carbonyl (C=O) groups is 2. The first-order chi connectivity index (χ1) is 10.5. The second-order valence-electron chi connectivity index (χ2n) is 5.86. The van der Waals surface area contributed by atoms with E-state index >= 15 is 0 Å². The zero-order chi connectivity index (χ0) is 16.1. The van der Waals surface area contributed by atoms with Gasteiger partial charge in [0.1, 0.15) is 5.82 Å². The Morgan fingerprint density at radius 1 is 1.41 bits per heavy atom. The molecule has 1 heterocycles. The molecule has 2 amide bonds. The normalized spacial score (nSPS) is 17.9. The molecule has 0 aliphatic carbocycles. The van der Waals surface area contributed by atoms with Gasteiger partial charge in [-0.2, -0.15) is 0 Å². The molecule has 1 fully saturated rings. The summed E-state index contributed by atoms with van der Waals surface area (Å²) in [4.78, 5) is 25.5. The highest BCUT2D eigenvalue weighted by molar-refractivity contribution is 6.00. The molecule has 1 aromatic rings. The first-order valence-corrected chi connectivity index (χ1v) is 7.87. The number of nitrogens with zero attached hydrogens (tertiary/aromatic N) is 1. The summed E-state index contributed by atoms with van der Waals surface area (Å²) in [6.07, 6.45) is 3.26. The van der Waals surface area contributed by atoms with E-state index in [1.165, 1.54) is 11.0 Å². The van der Waals surface area contributed by atoms with Crippen LogP contribution in [0.2, 0.25) is 0 Å². The average molecular weight is 306 g/mol. The second kappa shape index (κ2) is 7.38. The number of unbranched alkanes of at least 4 members (excludes halogenated alkanes) is 2. The van der Waals surface area contributed by atoms with Crippen LogP contribution in [0.1, 0.15) is 38.2 Å². The van der Waals surface area contributed by atoms with E-state index in [1.807, 2.05) is 0 Å². The Labute approximate surface area is 130 Å². The Hall–Kier alpha value is -1.91. The van der Waals surface area contributed by atoms with E-state index in [0.717, 1.165) is 24.8 Å². The number of benzene rings is 1. The largest absolute Gasteiger partial charge is 0.356 e. The lowest BCUT2D eigenvalue weighted by atomic mass is 10.1. The van der Waals surface area contributed by atoms with E-state index in [4.69, 9.17) is 0 Å². The molecule has 4 nitrogen and oxygen atoms in total. The van der Waals surface area contributed by atoms with Gasteiger partial charge in [-0.1, -0.05) is 25.8 Å². The maximum Gasteiger partial charge on any atom is 0.227 e. The van der Waals surface area contributed by atoms with E-state index < -0.39 is 11.7 Å². The SMILES string of the molecule is CCCCCNC(=O)C1CC(=O)N(c2ccc(C)cc2F)C1. The third-order valence-electron chi connectivity index (χ3n) is 3.97. The number of rotatable bonds is 6. The molecule has 0 radical (unpaired) electrons. The summed E-state index contributed by atoms with van der Waals surface area (Å²) in [5, 5.41) is 2.86. The van der Waals surface area contributed by atoms with E-state index in [-0.39, 0.29) is 30.5 Å². The highest BCUT2D eigenvalue weighted by atomic mass is 19.1. The summed E-state index contributed by atoms with van der Waals surface area (Å²) in [7, 11) is 0. The summed E-state index contributed by atoms with van der Waals surface area (Å²) in [6.45, 7) is 4.78. The smallest absolute Gasteiger partial charge is 0.227 e. The van der Waals surface area contributed by atoms with Crippen LogP contribution in [0.4, 0.5) is 10.1 Å². The molecule has 0 bridgehead atoms. The van der Waals surface area contributed by atoms with Crippen LogP contribution < -0.4 is 10.2 Å².